The predicted octanol–water partition coefficient (Wildman–Crippen LogP) is 0.411. The first-order valence-electron chi connectivity index (χ1n) is 5.39. The van der Waals surface area contributed by atoms with Crippen molar-refractivity contribution in [3.05, 3.63) is 29.8 Å². The molecule has 0 aliphatic carbocycles. The molecule has 2 amide bonds. The van der Waals surface area contributed by atoms with Crippen LogP contribution in [0, 0.1) is 0 Å². The van der Waals surface area contributed by atoms with E-state index in [9.17, 15) is 9.59 Å². The lowest BCUT2D eigenvalue weighted by Crippen LogP contribution is -2.33. The van der Waals surface area contributed by atoms with Gasteiger partial charge in [0.15, 0.2) is 0 Å². The van der Waals surface area contributed by atoms with Crippen molar-refractivity contribution in [3.8, 4) is 5.75 Å². The Morgan fingerprint density at radius 3 is 2.39 bits per heavy atom. The lowest BCUT2D eigenvalue weighted by Gasteiger charge is -2.05. The largest absolute Gasteiger partial charge is 0.497 e. The first-order valence-corrected chi connectivity index (χ1v) is 5.39. The van der Waals surface area contributed by atoms with Crippen LogP contribution in [0.5, 0.6) is 5.75 Å². The fourth-order valence-corrected chi connectivity index (χ4v) is 1.30. The molecule has 0 saturated carbocycles. The van der Waals surface area contributed by atoms with E-state index in [1.165, 1.54) is 0 Å². The highest BCUT2D eigenvalue weighted by Gasteiger charge is 2.08. The summed E-state index contributed by atoms with van der Waals surface area (Å²) in [4.78, 5) is 21.5. The van der Waals surface area contributed by atoms with Crippen LogP contribution in [0.15, 0.2) is 29.4 Å². The van der Waals surface area contributed by atoms with Gasteiger partial charge in [-0.15, -0.1) is 0 Å². The minimum Gasteiger partial charge on any atom is -0.497 e. The molecule has 3 N–H and O–H groups in total. The van der Waals surface area contributed by atoms with Crippen molar-refractivity contribution in [2.24, 2.45) is 10.8 Å². The smallest absolute Gasteiger partial charge is 0.329 e. The second-order valence-electron chi connectivity index (χ2n) is 3.45. The van der Waals surface area contributed by atoms with E-state index < -0.39 is 11.8 Å². The van der Waals surface area contributed by atoms with Gasteiger partial charge in [0.25, 0.3) is 0 Å². The quantitative estimate of drug-likeness (QED) is 0.459. The fraction of sp³-hybridized carbons (Fsp3) is 0.250. The molecule has 6 nitrogen and oxygen atoms in total. The van der Waals surface area contributed by atoms with Crippen LogP contribution in [-0.4, -0.2) is 24.6 Å². The number of nitrogens with zero attached hydrogens (tertiary/aromatic N) is 1. The average molecular weight is 249 g/mol. The number of carbonyl (C=O) groups excluding carboxylic acids is 2. The summed E-state index contributed by atoms with van der Waals surface area (Å²) < 4.78 is 5.04. The Hall–Kier alpha value is -2.37. The second kappa shape index (κ2) is 6.39. The number of hydrogen-bond donors (Lipinski definition) is 2. The summed E-state index contributed by atoms with van der Waals surface area (Å²) >= 11 is 0. The Balaban J connectivity index is 2.84. The second-order valence-corrected chi connectivity index (χ2v) is 3.45. The zero-order valence-corrected chi connectivity index (χ0v) is 10.3. The Kier molecular flexibility index (Phi) is 4.86. The van der Waals surface area contributed by atoms with Crippen LogP contribution >= 0.6 is 0 Å². The molecule has 0 heterocycles. The molecule has 0 radical (unpaired) electrons. The molecule has 0 saturated heterocycles. The summed E-state index contributed by atoms with van der Waals surface area (Å²) in [5.41, 5.74) is 8.39. The minimum absolute atomic E-state index is 0.603. The topological polar surface area (TPSA) is 93.8 Å². The molecule has 0 fully saturated rings. The Morgan fingerprint density at radius 2 is 1.94 bits per heavy atom. The standard InChI is InChI=1S/C12H15N3O3/c1-3-10(14-15-12(17)11(13)16)8-4-6-9(18-2)7-5-8/h4-7H,3H2,1-2H3,(H2,13,16)(H,15,17)/b14-10+. The number of nitrogens with one attached hydrogen (secondary N) is 1. The van der Waals surface area contributed by atoms with Gasteiger partial charge in [0.1, 0.15) is 5.75 Å². The van der Waals surface area contributed by atoms with E-state index in [0.717, 1.165) is 11.3 Å². The number of hydrazone groups is 1. The number of amides is 2. The van der Waals surface area contributed by atoms with E-state index >= 15 is 0 Å². The van der Waals surface area contributed by atoms with Gasteiger partial charge in [0.2, 0.25) is 0 Å². The van der Waals surface area contributed by atoms with Crippen LogP contribution < -0.4 is 15.9 Å². The lowest BCUT2D eigenvalue weighted by molar-refractivity contribution is -0.137. The maximum atomic E-state index is 11.0. The number of ether oxygens (including phenoxy) is 1. The van der Waals surface area contributed by atoms with Gasteiger partial charge in [-0.25, -0.2) is 5.43 Å². The SMILES string of the molecule is CC/C(=N\NC(=O)C(N)=O)c1ccc(OC)cc1. The third kappa shape index (κ3) is 3.58. The van der Waals surface area contributed by atoms with Crippen molar-refractivity contribution in [2.45, 2.75) is 13.3 Å². The van der Waals surface area contributed by atoms with E-state index in [-0.39, 0.29) is 0 Å². The van der Waals surface area contributed by atoms with Crippen LogP contribution in [0.3, 0.4) is 0 Å². The van der Waals surface area contributed by atoms with Crippen molar-refractivity contribution in [1.29, 1.82) is 0 Å². The molecular formula is C12H15N3O3. The Labute approximate surface area is 105 Å². The summed E-state index contributed by atoms with van der Waals surface area (Å²) in [6.07, 6.45) is 0.603. The van der Waals surface area contributed by atoms with Crippen LogP contribution in [0.4, 0.5) is 0 Å². The van der Waals surface area contributed by atoms with Crippen molar-refractivity contribution in [2.75, 3.05) is 7.11 Å². The predicted molar refractivity (Wildman–Crippen MR) is 67.2 cm³/mol. The van der Waals surface area contributed by atoms with E-state index in [4.69, 9.17) is 10.5 Å². The molecule has 1 aromatic rings. The van der Waals surface area contributed by atoms with E-state index in [0.29, 0.717) is 12.1 Å². The maximum absolute atomic E-state index is 11.0. The number of primary amides is 1. The molecular weight excluding hydrogens is 234 g/mol. The number of methoxy groups -OCH3 is 1. The first-order chi connectivity index (χ1) is 8.58. The molecule has 1 rings (SSSR count). The van der Waals surface area contributed by atoms with Gasteiger partial charge in [-0.3, -0.25) is 9.59 Å². The van der Waals surface area contributed by atoms with Gasteiger partial charge < -0.3 is 10.5 Å². The van der Waals surface area contributed by atoms with E-state index in [1.54, 1.807) is 19.2 Å². The molecule has 0 bridgehead atoms. The van der Waals surface area contributed by atoms with Crippen LogP contribution in [0.1, 0.15) is 18.9 Å². The minimum atomic E-state index is -1.07. The summed E-state index contributed by atoms with van der Waals surface area (Å²) in [6, 6.07) is 7.21. The Bertz CT molecular complexity index is 466. The Morgan fingerprint density at radius 1 is 1.33 bits per heavy atom. The zero-order valence-electron chi connectivity index (χ0n) is 10.3. The summed E-state index contributed by atoms with van der Waals surface area (Å²) in [6.45, 7) is 1.89. The molecule has 0 aliphatic heterocycles. The van der Waals surface area contributed by atoms with Crippen molar-refractivity contribution >= 4 is 17.5 Å². The zero-order chi connectivity index (χ0) is 13.5. The molecule has 0 spiro atoms. The van der Waals surface area contributed by atoms with Crippen LogP contribution in [0.25, 0.3) is 0 Å². The fourth-order valence-electron chi connectivity index (χ4n) is 1.30. The third-order valence-electron chi connectivity index (χ3n) is 2.27. The number of carbonyl (C=O) groups is 2. The van der Waals surface area contributed by atoms with Crippen LogP contribution in [0.2, 0.25) is 0 Å². The highest BCUT2D eigenvalue weighted by Crippen LogP contribution is 2.12. The van der Waals surface area contributed by atoms with Gasteiger partial charge in [-0.05, 0) is 36.2 Å². The molecule has 1 aromatic carbocycles. The lowest BCUT2D eigenvalue weighted by atomic mass is 10.1. The molecule has 96 valence electrons. The molecule has 18 heavy (non-hydrogen) atoms. The molecule has 0 unspecified atom stereocenters. The van der Waals surface area contributed by atoms with Crippen molar-refractivity contribution in [1.82, 2.24) is 5.43 Å². The summed E-state index contributed by atoms with van der Waals surface area (Å²) in [5, 5.41) is 3.86. The van der Waals surface area contributed by atoms with Gasteiger partial charge in [0.05, 0.1) is 12.8 Å². The van der Waals surface area contributed by atoms with E-state index in [2.05, 4.69) is 10.5 Å². The van der Waals surface area contributed by atoms with Gasteiger partial charge in [-0.2, -0.15) is 5.10 Å². The highest BCUT2D eigenvalue weighted by atomic mass is 16.5. The average Bonchev–Trinajstić information content (AvgIpc) is 2.39. The summed E-state index contributed by atoms with van der Waals surface area (Å²) in [7, 11) is 1.58. The molecule has 0 aromatic heterocycles. The molecule has 0 atom stereocenters. The number of hydrogen-bond acceptors (Lipinski definition) is 4. The number of rotatable bonds is 4. The summed E-state index contributed by atoms with van der Waals surface area (Å²) in [5.74, 6) is -1.27. The van der Waals surface area contributed by atoms with Crippen molar-refractivity contribution in [3.63, 3.8) is 0 Å². The number of benzene rings is 1. The molecule has 6 heteroatoms. The maximum Gasteiger partial charge on any atom is 0.329 e. The van der Waals surface area contributed by atoms with E-state index in [1.807, 2.05) is 19.1 Å². The number of nitrogens with two attached hydrogens (primary N) is 1. The van der Waals surface area contributed by atoms with Gasteiger partial charge in [0, 0.05) is 0 Å². The van der Waals surface area contributed by atoms with Gasteiger partial charge in [-0.1, -0.05) is 6.92 Å². The van der Waals surface area contributed by atoms with Gasteiger partial charge >= 0.3 is 11.8 Å². The normalized spacial score (nSPS) is 10.9. The van der Waals surface area contributed by atoms with Crippen molar-refractivity contribution < 1.29 is 14.3 Å². The van der Waals surface area contributed by atoms with Crippen LogP contribution in [-0.2, 0) is 9.59 Å². The monoisotopic (exact) mass is 249 g/mol. The first kappa shape index (κ1) is 13.7. The third-order valence-corrected chi connectivity index (χ3v) is 2.27. The highest BCUT2D eigenvalue weighted by molar-refractivity contribution is 6.34. The molecule has 0 aliphatic rings.